The first-order chi connectivity index (χ1) is 9.54. The summed E-state index contributed by atoms with van der Waals surface area (Å²) in [5.41, 5.74) is 0. The molecule has 0 bridgehead atoms. The first-order valence-electron chi connectivity index (χ1n) is 7.52. The highest BCUT2D eigenvalue weighted by Crippen LogP contribution is 2.33. The molecule has 1 aromatic heterocycles. The Hall–Kier alpha value is -1.36. The number of amides is 1. The first-order valence-corrected chi connectivity index (χ1v) is 7.52. The topological polar surface area (TPSA) is 41.4 Å². The van der Waals surface area contributed by atoms with Gasteiger partial charge in [-0.25, -0.2) is 4.98 Å². The Balaban J connectivity index is 1.60. The van der Waals surface area contributed by atoms with Crippen LogP contribution < -0.4 is 0 Å². The highest BCUT2D eigenvalue weighted by Gasteiger charge is 2.46. The Labute approximate surface area is 120 Å². The number of aromatic nitrogens is 2. The third-order valence-electron chi connectivity index (χ3n) is 4.47. The van der Waals surface area contributed by atoms with Crippen LogP contribution in [-0.4, -0.2) is 51.4 Å². The smallest absolute Gasteiger partial charge is 0.227 e. The molecule has 20 heavy (non-hydrogen) atoms. The van der Waals surface area contributed by atoms with E-state index in [0.717, 1.165) is 38.5 Å². The maximum Gasteiger partial charge on any atom is 0.227 e. The van der Waals surface area contributed by atoms with Crippen molar-refractivity contribution < 1.29 is 4.79 Å². The van der Waals surface area contributed by atoms with Gasteiger partial charge >= 0.3 is 0 Å². The van der Waals surface area contributed by atoms with Crippen molar-refractivity contribution in [1.82, 2.24) is 19.4 Å². The second-order valence-electron chi connectivity index (χ2n) is 6.65. The number of likely N-dealkylation sites (tertiary alicyclic amines) is 2. The molecule has 2 aliphatic rings. The number of fused-ring (bicyclic) bond motifs is 1. The van der Waals surface area contributed by atoms with Crippen molar-refractivity contribution in [3.8, 4) is 0 Å². The molecular weight excluding hydrogens is 252 g/mol. The fourth-order valence-electron chi connectivity index (χ4n) is 3.52. The lowest BCUT2D eigenvalue weighted by Gasteiger charge is -2.22. The van der Waals surface area contributed by atoms with Crippen LogP contribution >= 0.6 is 0 Å². The van der Waals surface area contributed by atoms with Crippen molar-refractivity contribution in [3.63, 3.8) is 0 Å². The maximum absolute atomic E-state index is 12.4. The zero-order chi connectivity index (χ0) is 14.3. The van der Waals surface area contributed by atoms with Crippen LogP contribution in [0.3, 0.4) is 0 Å². The number of rotatable bonds is 4. The van der Waals surface area contributed by atoms with E-state index in [1.807, 2.05) is 19.4 Å². The lowest BCUT2D eigenvalue weighted by atomic mass is 10.0. The number of imidazole rings is 1. The van der Waals surface area contributed by atoms with Crippen LogP contribution in [0, 0.1) is 17.8 Å². The van der Waals surface area contributed by atoms with Crippen molar-refractivity contribution in [3.05, 3.63) is 18.2 Å². The molecule has 0 aliphatic carbocycles. The Morgan fingerprint density at radius 3 is 2.75 bits per heavy atom. The van der Waals surface area contributed by atoms with E-state index < -0.39 is 0 Å². The zero-order valence-electron chi connectivity index (χ0n) is 12.6. The maximum atomic E-state index is 12.4. The van der Waals surface area contributed by atoms with Gasteiger partial charge in [-0.2, -0.15) is 0 Å². The Bertz CT molecular complexity index is 496. The van der Waals surface area contributed by atoms with Gasteiger partial charge in [0, 0.05) is 51.5 Å². The van der Waals surface area contributed by atoms with Crippen molar-refractivity contribution in [1.29, 1.82) is 0 Å². The molecule has 5 nitrogen and oxygen atoms in total. The summed E-state index contributed by atoms with van der Waals surface area (Å²) in [5.74, 6) is 2.74. The van der Waals surface area contributed by atoms with E-state index in [1.165, 1.54) is 0 Å². The highest BCUT2D eigenvalue weighted by atomic mass is 16.2. The van der Waals surface area contributed by atoms with Gasteiger partial charge in [0.2, 0.25) is 5.91 Å². The van der Waals surface area contributed by atoms with Gasteiger partial charge in [0.25, 0.3) is 0 Å². The molecule has 110 valence electrons. The summed E-state index contributed by atoms with van der Waals surface area (Å²) in [6, 6.07) is 0. The van der Waals surface area contributed by atoms with Crippen LogP contribution in [-0.2, 0) is 18.4 Å². The van der Waals surface area contributed by atoms with Gasteiger partial charge < -0.3 is 9.47 Å². The number of nitrogens with zero attached hydrogens (tertiary/aromatic N) is 4. The largest absolute Gasteiger partial charge is 0.342 e. The van der Waals surface area contributed by atoms with Crippen LogP contribution in [0.2, 0.25) is 0 Å². The highest BCUT2D eigenvalue weighted by molar-refractivity contribution is 5.82. The van der Waals surface area contributed by atoms with Gasteiger partial charge in [0.05, 0.1) is 12.5 Å². The summed E-state index contributed by atoms with van der Waals surface area (Å²) in [6.07, 6.45) is 3.81. The summed E-state index contributed by atoms with van der Waals surface area (Å²) >= 11 is 0. The molecule has 0 N–H and O–H groups in total. The number of hydrogen-bond donors (Lipinski definition) is 0. The van der Waals surface area contributed by atoms with Crippen LogP contribution in [0.25, 0.3) is 0 Å². The molecule has 2 atom stereocenters. The minimum absolute atomic E-state index is 0.217. The number of carbonyl (C=O) groups excluding carboxylic acids is 1. The van der Waals surface area contributed by atoms with Crippen molar-refractivity contribution in [2.24, 2.45) is 24.8 Å². The van der Waals surface area contributed by atoms with E-state index in [-0.39, 0.29) is 5.92 Å². The van der Waals surface area contributed by atoms with Gasteiger partial charge in [-0.3, -0.25) is 9.69 Å². The molecule has 2 saturated heterocycles. The van der Waals surface area contributed by atoms with Crippen LogP contribution in [0.4, 0.5) is 0 Å². The molecule has 2 aliphatic heterocycles. The average molecular weight is 276 g/mol. The molecule has 0 unspecified atom stereocenters. The van der Waals surface area contributed by atoms with Crippen LogP contribution in [0.15, 0.2) is 12.4 Å². The van der Waals surface area contributed by atoms with Gasteiger partial charge in [-0.05, 0) is 5.92 Å². The zero-order valence-corrected chi connectivity index (χ0v) is 12.6. The standard InChI is InChI=1S/C15H24N4O/c1-11(2)6-19-8-12-7-18(9-13(12)15(19)20)10-14-16-4-5-17(14)3/h4-5,11-13H,6-10H2,1-3H3/t12-,13+/m0/s1. The molecule has 2 fully saturated rings. The molecule has 0 saturated carbocycles. The molecule has 1 aromatic rings. The number of carbonyl (C=O) groups is 1. The van der Waals surface area contributed by atoms with E-state index in [0.29, 0.717) is 17.7 Å². The van der Waals surface area contributed by atoms with Gasteiger partial charge in [-0.1, -0.05) is 13.8 Å². The Morgan fingerprint density at radius 1 is 1.35 bits per heavy atom. The van der Waals surface area contributed by atoms with Gasteiger partial charge in [0.1, 0.15) is 5.82 Å². The first kappa shape index (κ1) is 13.6. The summed E-state index contributed by atoms with van der Waals surface area (Å²) < 4.78 is 2.06. The molecule has 5 heteroatoms. The number of aryl methyl sites for hydroxylation is 1. The third kappa shape index (κ3) is 2.46. The number of hydrogen-bond acceptors (Lipinski definition) is 3. The molecular formula is C15H24N4O. The molecule has 0 aromatic carbocycles. The fraction of sp³-hybridized carbons (Fsp3) is 0.733. The molecule has 3 rings (SSSR count). The average Bonchev–Trinajstić information content (AvgIpc) is 3.01. The monoisotopic (exact) mass is 276 g/mol. The van der Waals surface area contributed by atoms with Crippen molar-refractivity contribution >= 4 is 5.91 Å². The van der Waals surface area contributed by atoms with Gasteiger partial charge in [0.15, 0.2) is 0 Å². The van der Waals surface area contributed by atoms with Crippen molar-refractivity contribution in [2.45, 2.75) is 20.4 Å². The summed E-state index contributed by atoms with van der Waals surface area (Å²) in [6.45, 7) is 8.98. The third-order valence-corrected chi connectivity index (χ3v) is 4.47. The van der Waals surface area contributed by atoms with Crippen molar-refractivity contribution in [2.75, 3.05) is 26.2 Å². The lowest BCUT2D eigenvalue weighted by Crippen LogP contribution is -2.35. The normalized spacial score (nSPS) is 26.8. The van der Waals surface area contributed by atoms with E-state index in [9.17, 15) is 4.79 Å². The molecule has 0 spiro atoms. The Kier molecular flexibility index (Phi) is 3.54. The summed E-state index contributed by atoms with van der Waals surface area (Å²) in [7, 11) is 2.02. The fourth-order valence-corrected chi connectivity index (χ4v) is 3.52. The summed E-state index contributed by atoms with van der Waals surface area (Å²) in [5, 5.41) is 0. The minimum Gasteiger partial charge on any atom is -0.342 e. The quantitative estimate of drug-likeness (QED) is 0.823. The van der Waals surface area contributed by atoms with Gasteiger partial charge in [-0.15, -0.1) is 0 Å². The van der Waals surface area contributed by atoms with E-state index in [1.54, 1.807) is 0 Å². The summed E-state index contributed by atoms with van der Waals surface area (Å²) in [4.78, 5) is 21.2. The van der Waals surface area contributed by atoms with E-state index in [2.05, 4.69) is 33.2 Å². The molecule has 3 heterocycles. The second kappa shape index (κ2) is 5.20. The van der Waals surface area contributed by atoms with Crippen LogP contribution in [0.1, 0.15) is 19.7 Å². The minimum atomic E-state index is 0.217. The molecule has 0 radical (unpaired) electrons. The Morgan fingerprint density at radius 2 is 2.15 bits per heavy atom. The van der Waals surface area contributed by atoms with E-state index in [4.69, 9.17) is 0 Å². The SMILES string of the molecule is CC(C)CN1C[C@@H]2CN(Cc3nccn3C)C[C@H]2C1=O. The molecule has 1 amide bonds. The lowest BCUT2D eigenvalue weighted by molar-refractivity contribution is -0.131. The predicted molar refractivity (Wildman–Crippen MR) is 76.9 cm³/mol. The predicted octanol–water partition coefficient (Wildman–Crippen LogP) is 0.966. The van der Waals surface area contributed by atoms with Crippen LogP contribution in [0.5, 0.6) is 0 Å². The second-order valence-corrected chi connectivity index (χ2v) is 6.65. The van der Waals surface area contributed by atoms with E-state index >= 15 is 0 Å².